The van der Waals surface area contributed by atoms with Gasteiger partial charge in [0.15, 0.2) is 0 Å². The van der Waals surface area contributed by atoms with Gasteiger partial charge < -0.3 is 5.32 Å². The first-order chi connectivity index (χ1) is 4.99. The second kappa shape index (κ2) is 2.84. The highest BCUT2D eigenvalue weighted by Gasteiger charge is 2.27. The molecule has 1 unspecified atom stereocenters. The molecule has 1 aliphatic rings. The van der Waals surface area contributed by atoms with Crippen molar-refractivity contribution in [2.24, 2.45) is 11.3 Å². The van der Waals surface area contributed by atoms with Crippen LogP contribution in [-0.4, -0.2) is 12.5 Å². The van der Waals surface area contributed by atoms with Crippen LogP contribution in [0, 0.1) is 11.3 Å². The lowest BCUT2D eigenvalue weighted by molar-refractivity contribution is -0.122. The maximum Gasteiger partial charge on any atom is 0.220 e. The summed E-state index contributed by atoms with van der Waals surface area (Å²) >= 11 is 0. The van der Waals surface area contributed by atoms with E-state index in [-0.39, 0.29) is 11.3 Å². The quantitative estimate of drug-likeness (QED) is 0.565. The highest BCUT2D eigenvalue weighted by atomic mass is 16.1. The Bertz CT molecular complexity index is 163. The van der Waals surface area contributed by atoms with Crippen molar-refractivity contribution in [1.82, 2.24) is 5.32 Å². The first-order valence-electron chi connectivity index (χ1n) is 4.26. The fourth-order valence-corrected chi connectivity index (χ4v) is 1.87. The zero-order valence-corrected chi connectivity index (χ0v) is 7.61. The first-order valence-corrected chi connectivity index (χ1v) is 4.26. The molecular formula is C9H17NO. The number of carbonyl (C=O) groups is 1. The molecule has 1 aliphatic heterocycles. The molecule has 0 spiro atoms. The summed E-state index contributed by atoms with van der Waals surface area (Å²) in [6.45, 7) is 7.36. The predicted octanol–water partition coefficient (Wildman–Crippen LogP) is 1.56. The van der Waals surface area contributed by atoms with Crippen LogP contribution in [0.25, 0.3) is 0 Å². The van der Waals surface area contributed by atoms with Gasteiger partial charge in [-0.05, 0) is 17.8 Å². The van der Waals surface area contributed by atoms with Crippen molar-refractivity contribution in [3.63, 3.8) is 0 Å². The van der Waals surface area contributed by atoms with E-state index in [1.165, 1.54) is 0 Å². The minimum atomic E-state index is 0.194. The first kappa shape index (κ1) is 8.57. The van der Waals surface area contributed by atoms with E-state index in [0.717, 1.165) is 13.0 Å². The third-order valence-electron chi connectivity index (χ3n) is 2.19. The molecule has 0 aliphatic carbocycles. The zero-order chi connectivity index (χ0) is 8.48. The fourth-order valence-electron chi connectivity index (χ4n) is 1.87. The number of carbonyl (C=O) groups excluding carboxylic acids is 1. The molecule has 0 aromatic rings. The van der Waals surface area contributed by atoms with Crippen molar-refractivity contribution >= 4 is 5.91 Å². The molecule has 2 nitrogen and oxygen atoms in total. The van der Waals surface area contributed by atoms with E-state index < -0.39 is 0 Å². The van der Waals surface area contributed by atoms with Crippen LogP contribution >= 0.6 is 0 Å². The van der Waals surface area contributed by atoms with Gasteiger partial charge in [-0.15, -0.1) is 0 Å². The van der Waals surface area contributed by atoms with Gasteiger partial charge >= 0.3 is 0 Å². The lowest BCUT2D eigenvalue weighted by Gasteiger charge is -2.22. The Morgan fingerprint density at radius 1 is 1.55 bits per heavy atom. The van der Waals surface area contributed by atoms with E-state index in [4.69, 9.17) is 0 Å². The van der Waals surface area contributed by atoms with Gasteiger partial charge in [0.1, 0.15) is 0 Å². The van der Waals surface area contributed by atoms with Crippen molar-refractivity contribution < 1.29 is 4.79 Å². The van der Waals surface area contributed by atoms with Gasteiger partial charge in [-0.1, -0.05) is 20.8 Å². The normalized spacial score (nSPS) is 30.8. The predicted molar refractivity (Wildman–Crippen MR) is 45.2 cm³/mol. The summed E-state index contributed by atoms with van der Waals surface area (Å²) in [6, 6.07) is 0. The van der Waals surface area contributed by atoms with E-state index in [1.54, 1.807) is 0 Å². The standard InChI is InChI=1S/C9H17NO/c1-7-4-9(2,3)5-8(11)10-6-7/h7H,4-6H2,1-3H3,(H,10,11). The lowest BCUT2D eigenvalue weighted by Crippen LogP contribution is -2.25. The molecular weight excluding hydrogens is 138 g/mol. The molecule has 64 valence electrons. The van der Waals surface area contributed by atoms with Crippen molar-refractivity contribution in [2.45, 2.75) is 33.6 Å². The van der Waals surface area contributed by atoms with Gasteiger partial charge in [-0.25, -0.2) is 0 Å². The highest BCUT2D eigenvalue weighted by molar-refractivity contribution is 5.76. The van der Waals surface area contributed by atoms with Crippen molar-refractivity contribution in [1.29, 1.82) is 0 Å². The molecule has 1 fully saturated rings. The molecule has 0 saturated carbocycles. The Morgan fingerprint density at radius 3 is 2.82 bits per heavy atom. The van der Waals surface area contributed by atoms with Crippen LogP contribution in [0.4, 0.5) is 0 Å². The zero-order valence-electron chi connectivity index (χ0n) is 7.61. The average Bonchev–Trinajstić information content (AvgIpc) is 1.89. The van der Waals surface area contributed by atoms with Crippen molar-refractivity contribution in [2.75, 3.05) is 6.54 Å². The van der Waals surface area contributed by atoms with Gasteiger partial charge in [0, 0.05) is 13.0 Å². The molecule has 0 aromatic carbocycles. The Hall–Kier alpha value is -0.530. The third kappa shape index (κ3) is 2.52. The van der Waals surface area contributed by atoms with Gasteiger partial charge in [0.05, 0.1) is 0 Å². The monoisotopic (exact) mass is 155 g/mol. The average molecular weight is 155 g/mol. The summed E-state index contributed by atoms with van der Waals surface area (Å²) in [5.74, 6) is 0.829. The van der Waals surface area contributed by atoms with E-state index in [1.807, 2.05) is 0 Å². The maximum absolute atomic E-state index is 11.1. The number of rotatable bonds is 0. The van der Waals surface area contributed by atoms with Crippen LogP contribution in [0.5, 0.6) is 0 Å². The SMILES string of the molecule is CC1CNC(=O)CC(C)(C)C1. The number of hydrogen-bond acceptors (Lipinski definition) is 1. The van der Waals surface area contributed by atoms with Gasteiger partial charge in [-0.2, -0.15) is 0 Å². The number of amides is 1. The number of nitrogens with one attached hydrogen (secondary N) is 1. The molecule has 1 amide bonds. The van der Waals surface area contributed by atoms with E-state index in [9.17, 15) is 4.79 Å². The summed E-state index contributed by atoms with van der Waals surface area (Å²) in [7, 11) is 0. The third-order valence-corrected chi connectivity index (χ3v) is 2.19. The molecule has 0 radical (unpaired) electrons. The lowest BCUT2D eigenvalue weighted by atomic mass is 9.82. The molecule has 0 aromatic heterocycles. The van der Waals surface area contributed by atoms with Crippen LogP contribution < -0.4 is 5.32 Å². The highest BCUT2D eigenvalue weighted by Crippen LogP contribution is 2.30. The summed E-state index contributed by atoms with van der Waals surface area (Å²) in [5, 5.41) is 2.91. The van der Waals surface area contributed by atoms with E-state index in [0.29, 0.717) is 12.3 Å². The fraction of sp³-hybridized carbons (Fsp3) is 0.889. The Kier molecular flexibility index (Phi) is 2.21. The topological polar surface area (TPSA) is 29.1 Å². The van der Waals surface area contributed by atoms with Crippen molar-refractivity contribution in [3.05, 3.63) is 0 Å². The van der Waals surface area contributed by atoms with Gasteiger partial charge in [0.25, 0.3) is 0 Å². The van der Waals surface area contributed by atoms with E-state index in [2.05, 4.69) is 26.1 Å². The van der Waals surface area contributed by atoms with Gasteiger partial charge in [0.2, 0.25) is 5.91 Å². The molecule has 11 heavy (non-hydrogen) atoms. The summed E-state index contributed by atoms with van der Waals surface area (Å²) in [4.78, 5) is 11.1. The smallest absolute Gasteiger partial charge is 0.220 e. The maximum atomic E-state index is 11.1. The van der Waals surface area contributed by atoms with Crippen LogP contribution in [0.15, 0.2) is 0 Å². The van der Waals surface area contributed by atoms with Crippen LogP contribution in [0.3, 0.4) is 0 Å². The summed E-state index contributed by atoms with van der Waals surface area (Å²) < 4.78 is 0. The van der Waals surface area contributed by atoms with E-state index >= 15 is 0 Å². The minimum Gasteiger partial charge on any atom is -0.356 e. The summed E-state index contributed by atoms with van der Waals surface area (Å²) in [5.41, 5.74) is 0.194. The number of hydrogen-bond donors (Lipinski definition) is 1. The minimum absolute atomic E-state index is 0.194. The Morgan fingerprint density at radius 2 is 2.18 bits per heavy atom. The Labute approximate surface area is 68.4 Å². The van der Waals surface area contributed by atoms with Crippen LogP contribution in [0.2, 0.25) is 0 Å². The largest absolute Gasteiger partial charge is 0.356 e. The molecule has 1 rings (SSSR count). The van der Waals surface area contributed by atoms with Gasteiger partial charge in [-0.3, -0.25) is 4.79 Å². The summed E-state index contributed by atoms with van der Waals surface area (Å²) in [6.07, 6.45) is 1.82. The second-order valence-electron chi connectivity index (χ2n) is 4.45. The second-order valence-corrected chi connectivity index (χ2v) is 4.45. The molecule has 1 N–H and O–H groups in total. The van der Waals surface area contributed by atoms with Crippen LogP contribution in [-0.2, 0) is 4.79 Å². The van der Waals surface area contributed by atoms with Crippen LogP contribution in [0.1, 0.15) is 33.6 Å². The molecule has 1 heterocycles. The molecule has 2 heteroatoms. The molecule has 1 saturated heterocycles. The molecule has 0 bridgehead atoms. The van der Waals surface area contributed by atoms with Crippen molar-refractivity contribution in [3.8, 4) is 0 Å². The Balaban J connectivity index is 2.63. The molecule has 1 atom stereocenters.